The average molecular weight is 474 g/mol. The molecule has 0 bridgehead atoms. The number of phenolic OH excluding ortho intramolecular Hbond substituents is 1. The van der Waals surface area contributed by atoms with Gasteiger partial charge in [0.15, 0.2) is 0 Å². The van der Waals surface area contributed by atoms with E-state index in [9.17, 15) is 19.5 Å². The van der Waals surface area contributed by atoms with Gasteiger partial charge in [0.25, 0.3) is 17.1 Å². The summed E-state index contributed by atoms with van der Waals surface area (Å²) >= 11 is 2.21. The second kappa shape index (κ2) is 8.53. The zero-order valence-electron chi connectivity index (χ0n) is 16.9. The van der Waals surface area contributed by atoms with Crippen LogP contribution in [0.1, 0.15) is 15.2 Å². The Bertz CT molecular complexity index is 1480. The van der Waals surface area contributed by atoms with Gasteiger partial charge in [0.1, 0.15) is 5.75 Å². The highest BCUT2D eigenvalue weighted by Gasteiger charge is 2.25. The molecule has 1 aliphatic heterocycles. The van der Waals surface area contributed by atoms with Crippen molar-refractivity contribution in [3.8, 4) is 16.2 Å². The van der Waals surface area contributed by atoms with Gasteiger partial charge in [-0.3, -0.25) is 24.7 Å². The molecule has 5 rings (SSSR count). The number of nitrogens with one attached hydrogen (secondary N) is 2. The molecule has 0 spiro atoms. The summed E-state index contributed by atoms with van der Waals surface area (Å²) in [5.41, 5.74) is 2.95. The number of carbonyl (C=O) groups is 3. The lowest BCUT2D eigenvalue weighted by atomic mass is 10.0. The topological polar surface area (TPSA) is 108 Å². The van der Waals surface area contributed by atoms with E-state index in [4.69, 9.17) is 0 Å². The largest absolute Gasteiger partial charge is 0.508 e. The molecule has 3 amide bonds. The van der Waals surface area contributed by atoms with Crippen LogP contribution in [-0.4, -0.2) is 27.1 Å². The number of thioether (sulfide) groups is 1. The maximum Gasteiger partial charge on any atom is 0.290 e. The third-order valence-electron chi connectivity index (χ3n) is 4.90. The highest BCUT2D eigenvalue weighted by molar-refractivity contribution is 8.18. The van der Waals surface area contributed by atoms with Crippen molar-refractivity contribution in [2.24, 2.45) is 0 Å². The van der Waals surface area contributed by atoms with Gasteiger partial charge < -0.3 is 10.4 Å². The van der Waals surface area contributed by atoms with Crippen LogP contribution in [0.4, 0.5) is 10.5 Å². The first kappa shape index (κ1) is 20.9. The van der Waals surface area contributed by atoms with Crippen LogP contribution in [0.15, 0.2) is 71.8 Å². The van der Waals surface area contributed by atoms with Crippen LogP contribution in [-0.2, 0) is 4.79 Å². The number of thiophene rings is 1. The second-order valence-corrected chi connectivity index (χ2v) is 9.25. The Morgan fingerprint density at radius 2 is 1.94 bits per heavy atom. The van der Waals surface area contributed by atoms with Gasteiger partial charge in [0.05, 0.1) is 15.3 Å². The third-order valence-corrected chi connectivity index (χ3v) is 6.83. The lowest BCUT2D eigenvalue weighted by molar-refractivity contribution is -0.115. The number of rotatable bonds is 4. The molecule has 0 radical (unpaired) electrons. The predicted octanol–water partition coefficient (Wildman–Crippen LogP) is 5.25. The van der Waals surface area contributed by atoms with Gasteiger partial charge in [0, 0.05) is 33.8 Å². The van der Waals surface area contributed by atoms with Crippen LogP contribution in [0.2, 0.25) is 0 Å². The van der Waals surface area contributed by atoms with Crippen molar-refractivity contribution >= 4 is 62.8 Å². The third kappa shape index (κ3) is 4.36. The normalized spacial score (nSPS) is 14.6. The molecule has 2 aromatic heterocycles. The molecule has 33 heavy (non-hydrogen) atoms. The molecule has 9 heteroatoms. The van der Waals surface area contributed by atoms with Gasteiger partial charge in [0.2, 0.25) is 0 Å². The number of phenols is 1. The molecule has 3 N–H and O–H groups in total. The van der Waals surface area contributed by atoms with Crippen molar-refractivity contribution in [3.05, 3.63) is 82.2 Å². The Morgan fingerprint density at radius 1 is 1.06 bits per heavy atom. The van der Waals surface area contributed by atoms with Crippen molar-refractivity contribution in [1.29, 1.82) is 0 Å². The number of hydrogen-bond acceptors (Lipinski definition) is 7. The molecule has 0 unspecified atom stereocenters. The minimum atomic E-state index is -0.405. The number of anilines is 1. The predicted molar refractivity (Wildman–Crippen MR) is 130 cm³/mol. The zero-order valence-corrected chi connectivity index (χ0v) is 18.5. The molecule has 0 aliphatic carbocycles. The number of nitrogens with zero attached hydrogens (tertiary/aromatic N) is 1. The van der Waals surface area contributed by atoms with E-state index < -0.39 is 5.91 Å². The number of fused-ring (bicyclic) bond motifs is 1. The Labute approximate surface area is 196 Å². The van der Waals surface area contributed by atoms with Crippen molar-refractivity contribution < 1.29 is 19.5 Å². The molecule has 4 aromatic rings. The van der Waals surface area contributed by atoms with Crippen LogP contribution < -0.4 is 10.6 Å². The van der Waals surface area contributed by atoms with E-state index >= 15 is 0 Å². The SMILES string of the molecule is O=C1NC(=O)C(=Cc2ccc3nccc(-c4ccc(C(=O)Nc5cccc(O)c5)s4)c3c2)S1. The zero-order chi connectivity index (χ0) is 22.9. The van der Waals surface area contributed by atoms with E-state index in [1.54, 1.807) is 30.5 Å². The molecule has 0 saturated carbocycles. The standard InChI is InChI=1S/C24H15N3O4S2/c28-15-3-1-2-14(12-15)26-22(29)20-7-6-19(32-20)16-8-9-25-18-5-4-13(10-17(16)18)11-21-23(30)27-24(31)33-21/h1-12,28H,(H,26,29)(H,27,30,31). The van der Waals surface area contributed by atoms with E-state index in [1.807, 2.05) is 30.3 Å². The second-order valence-electron chi connectivity index (χ2n) is 7.16. The fraction of sp³-hybridized carbons (Fsp3) is 0. The number of aromatic nitrogens is 1. The van der Waals surface area contributed by atoms with Gasteiger partial charge in [-0.05, 0) is 65.9 Å². The maximum atomic E-state index is 12.7. The van der Waals surface area contributed by atoms with Gasteiger partial charge in [-0.15, -0.1) is 11.3 Å². The van der Waals surface area contributed by atoms with Crippen LogP contribution in [0.3, 0.4) is 0 Å². The highest BCUT2D eigenvalue weighted by atomic mass is 32.2. The van der Waals surface area contributed by atoms with Gasteiger partial charge >= 0.3 is 0 Å². The van der Waals surface area contributed by atoms with Crippen molar-refractivity contribution in [2.45, 2.75) is 0 Å². The Balaban J connectivity index is 1.47. The Morgan fingerprint density at radius 3 is 2.73 bits per heavy atom. The van der Waals surface area contributed by atoms with Crippen LogP contribution in [0.25, 0.3) is 27.4 Å². The van der Waals surface area contributed by atoms with E-state index in [0.717, 1.165) is 38.7 Å². The summed E-state index contributed by atoms with van der Waals surface area (Å²) in [6.07, 6.45) is 3.38. The first-order valence-electron chi connectivity index (χ1n) is 9.80. The molecule has 2 aromatic carbocycles. The molecular weight excluding hydrogens is 458 g/mol. The van der Waals surface area contributed by atoms with Crippen LogP contribution in [0.5, 0.6) is 5.75 Å². The number of benzene rings is 2. The lowest BCUT2D eigenvalue weighted by Crippen LogP contribution is -2.17. The van der Waals surface area contributed by atoms with E-state index in [-0.39, 0.29) is 16.9 Å². The number of pyridine rings is 1. The molecule has 3 heterocycles. The molecule has 162 valence electrons. The molecule has 0 atom stereocenters. The van der Waals surface area contributed by atoms with Crippen LogP contribution in [0, 0.1) is 0 Å². The van der Waals surface area contributed by atoms with Crippen LogP contribution >= 0.6 is 23.1 Å². The highest BCUT2D eigenvalue weighted by Crippen LogP contribution is 2.35. The smallest absolute Gasteiger partial charge is 0.290 e. The molecule has 1 saturated heterocycles. The number of imide groups is 1. The number of amides is 3. The summed E-state index contributed by atoms with van der Waals surface area (Å²) in [6.45, 7) is 0. The Kier molecular flexibility index (Phi) is 5.41. The van der Waals surface area contributed by atoms with Gasteiger partial charge in [-0.2, -0.15) is 0 Å². The number of aromatic hydroxyl groups is 1. The molecule has 7 nitrogen and oxygen atoms in total. The number of carbonyl (C=O) groups excluding carboxylic acids is 3. The van der Waals surface area contributed by atoms with E-state index in [0.29, 0.717) is 15.5 Å². The lowest BCUT2D eigenvalue weighted by Gasteiger charge is -2.06. The van der Waals surface area contributed by atoms with Crippen molar-refractivity contribution in [1.82, 2.24) is 10.3 Å². The summed E-state index contributed by atoms with van der Waals surface area (Å²) < 4.78 is 0. The molecular formula is C24H15N3O4S2. The fourth-order valence-electron chi connectivity index (χ4n) is 3.42. The minimum absolute atomic E-state index is 0.0755. The molecule has 1 fully saturated rings. The quantitative estimate of drug-likeness (QED) is 0.350. The number of hydrogen-bond donors (Lipinski definition) is 3. The average Bonchev–Trinajstić information content (AvgIpc) is 3.40. The van der Waals surface area contributed by atoms with E-state index in [1.165, 1.54) is 23.5 Å². The fourth-order valence-corrected chi connectivity index (χ4v) is 5.04. The van der Waals surface area contributed by atoms with Gasteiger partial charge in [-0.1, -0.05) is 12.1 Å². The summed E-state index contributed by atoms with van der Waals surface area (Å²) in [5.74, 6) is -0.599. The van der Waals surface area contributed by atoms with Crippen molar-refractivity contribution in [2.75, 3.05) is 5.32 Å². The maximum absolute atomic E-state index is 12.7. The first-order valence-corrected chi connectivity index (χ1v) is 11.4. The first-order chi connectivity index (χ1) is 16.0. The summed E-state index contributed by atoms with van der Waals surface area (Å²) in [5, 5.41) is 15.1. The minimum Gasteiger partial charge on any atom is -0.508 e. The summed E-state index contributed by atoms with van der Waals surface area (Å²) in [7, 11) is 0. The molecule has 1 aliphatic rings. The van der Waals surface area contributed by atoms with Crippen molar-refractivity contribution in [3.63, 3.8) is 0 Å². The summed E-state index contributed by atoms with van der Waals surface area (Å²) in [4.78, 5) is 42.1. The van der Waals surface area contributed by atoms with Gasteiger partial charge in [-0.25, -0.2) is 0 Å². The summed E-state index contributed by atoms with van der Waals surface area (Å²) in [6, 6.07) is 17.5. The Hall–Kier alpha value is -3.95. The van der Waals surface area contributed by atoms with E-state index in [2.05, 4.69) is 15.6 Å². The monoisotopic (exact) mass is 473 g/mol.